The van der Waals surface area contributed by atoms with Crippen LogP contribution in [0.4, 0.5) is 9.18 Å². The maximum Gasteiger partial charge on any atom is 0.410 e. The highest BCUT2D eigenvalue weighted by Crippen LogP contribution is 2.15. The van der Waals surface area contributed by atoms with Crippen LogP contribution in [-0.2, 0) is 4.74 Å². The minimum Gasteiger partial charge on any atom is -0.444 e. The topological polar surface area (TPSA) is 41.6 Å². The number of halogens is 1. The van der Waals surface area contributed by atoms with E-state index < -0.39 is 5.60 Å². The molecule has 5 heteroatoms. The molecule has 0 spiro atoms. The number of hydrogen-bond acceptors (Lipinski definition) is 3. The molecule has 0 aromatic rings. The van der Waals surface area contributed by atoms with E-state index in [4.69, 9.17) is 4.74 Å². The zero-order chi connectivity index (χ0) is 13.6. The van der Waals surface area contributed by atoms with Crippen LogP contribution in [0, 0.1) is 0 Å². The molecule has 1 N–H and O–H groups in total. The van der Waals surface area contributed by atoms with Crippen molar-refractivity contribution in [3.8, 4) is 0 Å². The van der Waals surface area contributed by atoms with Crippen molar-refractivity contribution in [2.75, 3.05) is 26.3 Å². The Morgan fingerprint density at radius 1 is 1.39 bits per heavy atom. The zero-order valence-corrected chi connectivity index (χ0v) is 11.7. The summed E-state index contributed by atoms with van der Waals surface area (Å²) in [6, 6.07) is 0.313. The molecule has 0 aromatic heterocycles. The highest BCUT2D eigenvalue weighted by Gasteiger charge is 2.24. The number of carbonyl (C=O) groups excluding carboxylic acids is 1. The van der Waals surface area contributed by atoms with Crippen molar-refractivity contribution in [2.45, 2.75) is 51.7 Å². The first-order valence-corrected chi connectivity index (χ1v) is 6.69. The summed E-state index contributed by atoms with van der Waals surface area (Å²) in [5.41, 5.74) is -0.449. The van der Waals surface area contributed by atoms with Crippen molar-refractivity contribution in [2.24, 2.45) is 0 Å². The fraction of sp³-hybridized carbons (Fsp3) is 0.923. The maximum absolute atomic E-state index is 12.1. The Bertz CT molecular complexity index is 266. The second-order valence-corrected chi connectivity index (χ2v) is 5.74. The third-order valence-electron chi connectivity index (χ3n) is 2.91. The molecule has 4 nitrogen and oxygen atoms in total. The van der Waals surface area contributed by atoms with Gasteiger partial charge < -0.3 is 15.0 Å². The fourth-order valence-corrected chi connectivity index (χ4v) is 2.07. The maximum atomic E-state index is 12.1. The van der Waals surface area contributed by atoms with Gasteiger partial charge in [0.15, 0.2) is 0 Å². The van der Waals surface area contributed by atoms with Crippen LogP contribution in [0.25, 0.3) is 0 Å². The van der Waals surface area contributed by atoms with Crippen molar-refractivity contribution in [1.29, 1.82) is 0 Å². The number of nitrogens with zero attached hydrogens (tertiary/aromatic N) is 1. The lowest BCUT2D eigenvalue weighted by Gasteiger charge is -2.26. The molecule has 0 aromatic carbocycles. The zero-order valence-electron chi connectivity index (χ0n) is 11.7. The third kappa shape index (κ3) is 5.67. The summed E-state index contributed by atoms with van der Waals surface area (Å²) in [7, 11) is 0. The van der Waals surface area contributed by atoms with Gasteiger partial charge >= 0.3 is 6.09 Å². The van der Waals surface area contributed by atoms with Gasteiger partial charge in [0.25, 0.3) is 0 Å². The van der Waals surface area contributed by atoms with Gasteiger partial charge in [-0.2, -0.15) is 0 Å². The van der Waals surface area contributed by atoms with E-state index in [9.17, 15) is 9.18 Å². The van der Waals surface area contributed by atoms with Gasteiger partial charge in [-0.05, 0) is 40.0 Å². The van der Waals surface area contributed by atoms with E-state index in [0.717, 1.165) is 25.8 Å². The number of likely N-dealkylation sites (tertiary alicyclic amines) is 1. The van der Waals surface area contributed by atoms with Crippen molar-refractivity contribution in [3.05, 3.63) is 0 Å². The molecule has 1 rings (SSSR count). The van der Waals surface area contributed by atoms with E-state index in [0.29, 0.717) is 19.1 Å². The Morgan fingerprint density at radius 3 is 2.72 bits per heavy atom. The Labute approximate surface area is 109 Å². The Hall–Kier alpha value is -0.840. The molecule has 0 saturated carbocycles. The van der Waals surface area contributed by atoms with Crippen molar-refractivity contribution >= 4 is 6.09 Å². The van der Waals surface area contributed by atoms with E-state index in [-0.39, 0.29) is 12.8 Å². The number of rotatable bonds is 3. The number of ether oxygens (including phenoxy) is 1. The summed E-state index contributed by atoms with van der Waals surface area (Å²) in [5, 5.41) is 3.17. The van der Waals surface area contributed by atoms with Gasteiger partial charge in [0, 0.05) is 25.7 Å². The van der Waals surface area contributed by atoms with Crippen LogP contribution in [0.1, 0.15) is 40.0 Å². The van der Waals surface area contributed by atoms with Crippen LogP contribution in [0.5, 0.6) is 0 Å². The predicted molar refractivity (Wildman–Crippen MR) is 69.4 cm³/mol. The average Bonchev–Trinajstić information content (AvgIpc) is 2.49. The van der Waals surface area contributed by atoms with Crippen LogP contribution in [0.15, 0.2) is 0 Å². The molecular weight excluding hydrogens is 235 g/mol. The molecule has 0 aliphatic carbocycles. The number of hydrogen-bond donors (Lipinski definition) is 1. The van der Waals surface area contributed by atoms with Gasteiger partial charge in [-0.3, -0.25) is 0 Å². The lowest BCUT2D eigenvalue weighted by atomic mass is 10.1. The van der Waals surface area contributed by atoms with E-state index >= 15 is 0 Å². The van der Waals surface area contributed by atoms with Crippen LogP contribution in [-0.4, -0.2) is 48.9 Å². The number of nitrogens with one attached hydrogen (secondary N) is 1. The lowest BCUT2D eigenvalue weighted by Crippen LogP contribution is -2.38. The van der Waals surface area contributed by atoms with E-state index in [1.807, 2.05) is 20.8 Å². The smallest absolute Gasteiger partial charge is 0.410 e. The standard InChI is InChI=1S/C13H25FN2O2/c1-13(2,3)18-12(17)16-9-4-5-11(6-10-16)15-8-7-14/h11,15H,4-10H2,1-3H3. The van der Waals surface area contributed by atoms with Crippen molar-refractivity contribution in [3.63, 3.8) is 0 Å². The normalized spacial score (nSPS) is 21.6. The SMILES string of the molecule is CC(C)(C)OC(=O)N1CCCC(NCCF)CC1. The number of alkyl halides is 1. The number of amides is 1. The molecule has 1 unspecified atom stereocenters. The summed E-state index contributed by atoms with van der Waals surface area (Å²) in [4.78, 5) is 13.7. The van der Waals surface area contributed by atoms with Gasteiger partial charge in [-0.25, -0.2) is 9.18 Å². The highest BCUT2D eigenvalue weighted by atomic mass is 19.1. The van der Waals surface area contributed by atoms with Gasteiger partial charge in [0.2, 0.25) is 0 Å². The Kier molecular flexibility index (Phi) is 5.85. The summed E-state index contributed by atoms with van der Waals surface area (Å²) in [5.74, 6) is 0. The molecule has 1 atom stereocenters. The summed E-state index contributed by atoms with van der Waals surface area (Å²) in [6.45, 7) is 7.07. The molecule has 106 valence electrons. The first kappa shape index (κ1) is 15.2. The lowest BCUT2D eigenvalue weighted by molar-refractivity contribution is 0.0256. The van der Waals surface area contributed by atoms with Gasteiger partial charge in [0.1, 0.15) is 12.3 Å². The molecule has 1 aliphatic heterocycles. The van der Waals surface area contributed by atoms with Gasteiger partial charge in [0.05, 0.1) is 0 Å². The van der Waals surface area contributed by atoms with Crippen molar-refractivity contribution in [1.82, 2.24) is 10.2 Å². The third-order valence-corrected chi connectivity index (χ3v) is 2.91. The van der Waals surface area contributed by atoms with Crippen LogP contribution >= 0.6 is 0 Å². The fourth-order valence-electron chi connectivity index (χ4n) is 2.07. The highest BCUT2D eigenvalue weighted by molar-refractivity contribution is 5.68. The Balaban J connectivity index is 2.39. The molecule has 1 heterocycles. The van der Waals surface area contributed by atoms with Gasteiger partial charge in [-0.1, -0.05) is 0 Å². The van der Waals surface area contributed by atoms with Crippen molar-refractivity contribution < 1.29 is 13.9 Å². The van der Waals surface area contributed by atoms with Crippen LogP contribution in [0.3, 0.4) is 0 Å². The molecule has 18 heavy (non-hydrogen) atoms. The summed E-state index contributed by atoms with van der Waals surface area (Å²) in [6.07, 6.45) is 2.54. The number of carbonyl (C=O) groups is 1. The average molecular weight is 260 g/mol. The molecule has 1 saturated heterocycles. The first-order valence-electron chi connectivity index (χ1n) is 6.69. The predicted octanol–water partition coefficient (Wildman–Crippen LogP) is 2.34. The first-order chi connectivity index (χ1) is 8.42. The molecule has 1 amide bonds. The molecule has 0 radical (unpaired) electrons. The van der Waals surface area contributed by atoms with E-state index in [1.54, 1.807) is 4.90 Å². The second-order valence-electron chi connectivity index (χ2n) is 5.74. The Morgan fingerprint density at radius 2 is 2.11 bits per heavy atom. The monoisotopic (exact) mass is 260 g/mol. The summed E-state index contributed by atoms with van der Waals surface area (Å²) < 4.78 is 17.4. The van der Waals surface area contributed by atoms with Crippen LogP contribution < -0.4 is 5.32 Å². The van der Waals surface area contributed by atoms with Crippen LogP contribution in [0.2, 0.25) is 0 Å². The second kappa shape index (κ2) is 6.92. The van der Waals surface area contributed by atoms with E-state index in [1.165, 1.54) is 0 Å². The quantitative estimate of drug-likeness (QED) is 0.847. The summed E-state index contributed by atoms with van der Waals surface area (Å²) >= 11 is 0. The minimum absolute atomic E-state index is 0.242. The molecule has 1 aliphatic rings. The van der Waals surface area contributed by atoms with Gasteiger partial charge in [-0.15, -0.1) is 0 Å². The minimum atomic E-state index is -0.449. The molecular formula is C13H25FN2O2. The largest absolute Gasteiger partial charge is 0.444 e. The van der Waals surface area contributed by atoms with E-state index in [2.05, 4.69) is 5.32 Å². The molecule has 1 fully saturated rings. The molecule has 0 bridgehead atoms.